The van der Waals surface area contributed by atoms with E-state index in [0.717, 1.165) is 11.4 Å². The van der Waals surface area contributed by atoms with Crippen molar-refractivity contribution in [2.24, 2.45) is 0 Å². The molecular formula is C22H17ClS. The molecule has 0 aliphatic heterocycles. The lowest BCUT2D eigenvalue weighted by atomic mass is 10.0. The first-order chi connectivity index (χ1) is 11.7. The molecule has 0 saturated carbocycles. The lowest BCUT2D eigenvalue weighted by Gasteiger charge is -2.09. The van der Waals surface area contributed by atoms with Gasteiger partial charge in [0.1, 0.15) is 0 Å². The molecular weight excluding hydrogens is 332 g/mol. The third-order valence-electron chi connectivity index (χ3n) is 4.34. The summed E-state index contributed by atoms with van der Waals surface area (Å²) in [7, 11) is 0. The fraction of sp³-hybridized carbons (Fsp3) is 0.0909. The SMILES string of the molecule is Cc1ccc(C2=C(Sc3ccc(Cl)cc3)c3ccccc3C2)cc1. The number of thioether (sulfide) groups is 1. The summed E-state index contributed by atoms with van der Waals surface area (Å²) < 4.78 is 0. The van der Waals surface area contributed by atoms with Gasteiger partial charge in [0.25, 0.3) is 0 Å². The van der Waals surface area contributed by atoms with Crippen LogP contribution in [0.4, 0.5) is 0 Å². The van der Waals surface area contributed by atoms with Crippen molar-refractivity contribution in [2.75, 3.05) is 0 Å². The second kappa shape index (κ2) is 6.51. The fourth-order valence-electron chi connectivity index (χ4n) is 3.05. The molecule has 1 aliphatic rings. The average Bonchev–Trinajstić information content (AvgIpc) is 2.96. The zero-order valence-electron chi connectivity index (χ0n) is 13.4. The van der Waals surface area contributed by atoms with Crippen molar-refractivity contribution >= 4 is 33.8 Å². The van der Waals surface area contributed by atoms with Gasteiger partial charge in [-0.3, -0.25) is 0 Å². The molecule has 0 amide bonds. The Morgan fingerprint density at radius 2 is 1.54 bits per heavy atom. The van der Waals surface area contributed by atoms with E-state index in [2.05, 4.69) is 67.6 Å². The Morgan fingerprint density at radius 1 is 0.833 bits per heavy atom. The van der Waals surface area contributed by atoms with Crippen molar-refractivity contribution in [3.05, 3.63) is 100 Å². The molecule has 0 saturated heterocycles. The van der Waals surface area contributed by atoms with E-state index in [1.54, 1.807) is 0 Å². The molecule has 4 rings (SSSR count). The van der Waals surface area contributed by atoms with Crippen LogP contribution in [-0.2, 0) is 6.42 Å². The van der Waals surface area contributed by atoms with Crippen LogP contribution in [0.2, 0.25) is 5.02 Å². The molecule has 0 atom stereocenters. The van der Waals surface area contributed by atoms with Gasteiger partial charge in [-0.1, -0.05) is 77.5 Å². The van der Waals surface area contributed by atoms with Crippen LogP contribution < -0.4 is 0 Å². The van der Waals surface area contributed by atoms with Crippen LogP contribution in [0.15, 0.2) is 77.7 Å². The maximum Gasteiger partial charge on any atom is 0.0406 e. The van der Waals surface area contributed by atoms with Gasteiger partial charge in [0.05, 0.1) is 0 Å². The van der Waals surface area contributed by atoms with Gasteiger partial charge in [0, 0.05) is 14.8 Å². The third-order valence-corrected chi connectivity index (χ3v) is 5.77. The smallest absolute Gasteiger partial charge is 0.0406 e. The first kappa shape index (κ1) is 15.6. The number of fused-ring (bicyclic) bond motifs is 1. The Hall–Kier alpha value is -1.96. The summed E-state index contributed by atoms with van der Waals surface area (Å²) in [4.78, 5) is 2.58. The summed E-state index contributed by atoms with van der Waals surface area (Å²) in [6.45, 7) is 2.13. The molecule has 0 N–H and O–H groups in total. The molecule has 24 heavy (non-hydrogen) atoms. The van der Waals surface area contributed by atoms with Crippen LogP contribution >= 0.6 is 23.4 Å². The van der Waals surface area contributed by atoms with E-state index >= 15 is 0 Å². The Labute approximate surface area is 152 Å². The maximum absolute atomic E-state index is 6.03. The minimum absolute atomic E-state index is 0.777. The number of hydrogen-bond donors (Lipinski definition) is 0. The summed E-state index contributed by atoms with van der Waals surface area (Å²) in [5.41, 5.74) is 6.78. The lowest BCUT2D eigenvalue weighted by molar-refractivity contribution is 1.31. The highest BCUT2D eigenvalue weighted by atomic mass is 35.5. The first-order valence-electron chi connectivity index (χ1n) is 8.02. The minimum atomic E-state index is 0.777. The van der Waals surface area contributed by atoms with Crippen molar-refractivity contribution < 1.29 is 0 Å². The summed E-state index contributed by atoms with van der Waals surface area (Å²) in [5.74, 6) is 0. The molecule has 2 heteroatoms. The van der Waals surface area contributed by atoms with Crippen LogP contribution in [0.25, 0.3) is 10.5 Å². The van der Waals surface area contributed by atoms with Crippen LogP contribution in [0, 0.1) is 6.92 Å². The molecule has 0 radical (unpaired) electrons. The van der Waals surface area contributed by atoms with E-state index in [0.29, 0.717) is 0 Å². The summed E-state index contributed by atoms with van der Waals surface area (Å²) in [6, 6.07) is 25.7. The topological polar surface area (TPSA) is 0 Å². The lowest BCUT2D eigenvalue weighted by Crippen LogP contribution is -1.86. The monoisotopic (exact) mass is 348 g/mol. The van der Waals surface area contributed by atoms with Crippen LogP contribution in [0.3, 0.4) is 0 Å². The Morgan fingerprint density at radius 3 is 2.29 bits per heavy atom. The van der Waals surface area contributed by atoms with Crippen LogP contribution in [-0.4, -0.2) is 0 Å². The molecule has 0 unspecified atom stereocenters. The molecule has 3 aromatic rings. The van der Waals surface area contributed by atoms with Gasteiger partial charge in [-0.25, -0.2) is 0 Å². The van der Waals surface area contributed by atoms with Crippen molar-refractivity contribution in [1.82, 2.24) is 0 Å². The van der Waals surface area contributed by atoms with Gasteiger partial charge in [-0.15, -0.1) is 0 Å². The normalized spacial score (nSPS) is 13.2. The van der Waals surface area contributed by atoms with E-state index in [1.165, 1.54) is 37.6 Å². The fourth-order valence-corrected chi connectivity index (χ4v) is 4.31. The summed E-state index contributed by atoms with van der Waals surface area (Å²) >= 11 is 7.86. The largest absolute Gasteiger partial charge is 0.0891 e. The Balaban J connectivity index is 1.80. The number of allylic oxidation sites excluding steroid dienone is 1. The van der Waals surface area contributed by atoms with E-state index in [1.807, 2.05) is 23.9 Å². The number of aryl methyl sites for hydroxylation is 1. The zero-order valence-corrected chi connectivity index (χ0v) is 15.0. The Bertz CT molecular complexity index is 905. The quantitative estimate of drug-likeness (QED) is 0.498. The van der Waals surface area contributed by atoms with Gasteiger partial charge in [-0.05, 0) is 59.9 Å². The van der Waals surface area contributed by atoms with Gasteiger partial charge in [-0.2, -0.15) is 0 Å². The first-order valence-corrected chi connectivity index (χ1v) is 9.22. The second-order valence-corrected chi connectivity index (χ2v) is 7.58. The highest BCUT2D eigenvalue weighted by molar-refractivity contribution is 8.08. The molecule has 118 valence electrons. The van der Waals surface area contributed by atoms with Crippen molar-refractivity contribution in [3.63, 3.8) is 0 Å². The summed E-state index contributed by atoms with van der Waals surface area (Å²) in [6.07, 6.45) is 0.995. The second-order valence-electron chi connectivity index (χ2n) is 6.06. The molecule has 0 aromatic heterocycles. The molecule has 0 heterocycles. The predicted molar refractivity (Wildman–Crippen MR) is 105 cm³/mol. The van der Waals surface area contributed by atoms with Gasteiger partial charge in [0.15, 0.2) is 0 Å². The molecule has 3 aromatic carbocycles. The van der Waals surface area contributed by atoms with Crippen LogP contribution in [0.1, 0.15) is 22.3 Å². The van der Waals surface area contributed by atoms with Crippen molar-refractivity contribution in [1.29, 1.82) is 0 Å². The minimum Gasteiger partial charge on any atom is -0.0891 e. The summed E-state index contributed by atoms with van der Waals surface area (Å²) in [5, 5.41) is 0.777. The van der Waals surface area contributed by atoms with Crippen molar-refractivity contribution in [2.45, 2.75) is 18.2 Å². The van der Waals surface area contributed by atoms with Gasteiger partial charge >= 0.3 is 0 Å². The van der Waals surface area contributed by atoms with Crippen LogP contribution in [0.5, 0.6) is 0 Å². The molecule has 0 fully saturated rings. The van der Waals surface area contributed by atoms with Gasteiger partial charge < -0.3 is 0 Å². The molecule has 0 bridgehead atoms. The van der Waals surface area contributed by atoms with Crippen molar-refractivity contribution in [3.8, 4) is 0 Å². The average molecular weight is 349 g/mol. The Kier molecular flexibility index (Phi) is 4.22. The highest BCUT2D eigenvalue weighted by Gasteiger charge is 2.23. The molecule has 1 aliphatic carbocycles. The zero-order chi connectivity index (χ0) is 16.5. The van der Waals surface area contributed by atoms with E-state index in [-0.39, 0.29) is 0 Å². The number of halogens is 1. The number of hydrogen-bond acceptors (Lipinski definition) is 1. The maximum atomic E-state index is 6.03. The van der Waals surface area contributed by atoms with E-state index in [9.17, 15) is 0 Å². The molecule has 0 nitrogen and oxygen atoms in total. The molecule has 0 spiro atoms. The van der Waals surface area contributed by atoms with E-state index in [4.69, 9.17) is 11.6 Å². The predicted octanol–water partition coefficient (Wildman–Crippen LogP) is 6.87. The van der Waals surface area contributed by atoms with Gasteiger partial charge in [0.2, 0.25) is 0 Å². The standard InChI is InChI=1S/C22H17ClS/c1-15-6-8-16(9-7-15)21-14-17-4-2-3-5-20(17)22(21)24-19-12-10-18(23)11-13-19/h2-13H,14H2,1H3. The third kappa shape index (κ3) is 3.02. The number of benzene rings is 3. The highest BCUT2D eigenvalue weighted by Crippen LogP contribution is 2.47. The van der Waals surface area contributed by atoms with E-state index < -0.39 is 0 Å². The number of rotatable bonds is 3.